The SMILES string of the molecule is [2H]C1([2H])CN(S(C)(=O)=O)CC([2H])([2H])C1N. The van der Waals surface area contributed by atoms with Crippen molar-refractivity contribution in [2.24, 2.45) is 5.73 Å². The molecule has 4 nitrogen and oxygen atoms in total. The van der Waals surface area contributed by atoms with E-state index in [1.807, 2.05) is 0 Å². The van der Waals surface area contributed by atoms with Gasteiger partial charge in [0.1, 0.15) is 0 Å². The van der Waals surface area contributed by atoms with Gasteiger partial charge in [0.05, 0.1) is 6.26 Å². The first kappa shape index (κ1) is 4.79. The van der Waals surface area contributed by atoms with Crippen LogP contribution in [0, 0.1) is 0 Å². The number of hydrogen-bond donors (Lipinski definition) is 1. The Bertz CT molecular complexity index is 338. The minimum absolute atomic E-state index is 0.396. The molecule has 1 heterocycles. The predicted molar refractivity (Wildman–Crippen MR) is 43.6 cm³/mol. The van der Waals surface area contributed by atoms with E-state index in [0.717, 1.165) is 10.6 Å². The molecule has 1 aliphatic rings. The number of sulfonamides is 1. The van der Waals surface area contributed by atoms with E-state index in [9.17, 15) is 8.42 Å². The summed E-state index contributed by atoms with van der Waals surface area (Å²) < 4.78 is 53.2. The number of hydrogen-bond acceptors (Lipinski definition) is 3. The summed E-state index contributed by atoms with van der Waals surface area (Å²) in [5.74, 6) is 0. The second-order valence-electron chi connectivity index (χ2n) is 2.42. The molecule has 1 rings (SSSR count). The number of piperidine rings is 1. The molecule has 0 spiro atoms. The Morgan fingerprint density at radius 1 is 1.55 bits per heavy atom. The van der Waals surface area contributed by atoms with E-state index in [-0.39, 0.29) is 0 Å². The molecule has 11 heavy (non-hydrogen) atoms. The Morgan fingerprint density at radius 2 is 2.00 bits per heavy atom. The summed E-state index contributed by atoms with van der Waals surface area (Å²) in [7, 11) is -3.59. The van der Waals surface area contributed by atoms with Crippen molar-refractivity contribution in [3.63, 3.8) is 0 Å². The largest absolute Gasteiger partial charge is 0.328 e. The highest BCUT2D eigenvalue weighted by molar-refractivity contribution is 7.88. The highest BCUT2D eigenvalue weighted by Gasteiger charge is 2.22. The van der Waals surface area contributed by atoms with Crippen LogP contribution in [0.15, 0.2) is 0 Å². The lowest BCUT2D eigenvalue weighted by atomic mass is 10.1. The van der Waals surface area contributed by atoms with E-state index in [1.165, 1.54) is 0 Å². The van der Waals surface area contributed by atoms with Gasteiger partial charge in [0.25, 0.3) is 0 Å². The molecule has 0 atom stereocenters. The first-order valence-corrected chi connectivity index (χ1v) is 5.02. The standard InChI is InChI=1S/C6H14N2O2S/c1-11(9,10)8-4-2-6(7)3-5-8/h6H,2-5,7H2,1H3/i2D2,3D2. The molecule has 0 aromatic carbocycles. The van der Waals surface area contributed by atoms with Crippen LogP contribution < -0.4 is 5.73 Å². The number of rotatable bonds is 1. The third-order valence-corrected chi connectivity index (χ3v) is 2.64. The Morgan fingerprint density at radius 3 is 2.36 bits per heavy atom. The van der Waals surface area contributed by atoms with Crippen molar-refractivity contribution in [2.75, 3.05) is 19.3 Å². The van der Waals surface area contributed by atoms with Gasteiger partial charge in [-0.25, -0.2) is 12.7 Å². The van der Waals surface area contributed by atoms with Crippen LogP contribution in [0.3, 0.4) is 0 Å². The summed E-state index contributed by atoms with van der Waals surface area (Å²) >= 11 is 0. The zero-order chi connectivity index (χ0) is 12.1. The minimum atomic E-state index is -3.59. The molecule has 0 aromatic rings. The molecule has 1 saturated heterocycles. The van der Waals surface area contributed by atoms with E-state index in [1.54, 1.807) is 0 Å². The third-order valence-electron chi connectivity index (χ3n) is 1.44. The molecule has 0 amide bonds. The van der Waals surface area contributed by atoms with Gasteiger partial charge in [-0.3, -0.25) is 0 Å². The minimum Gasteiger partial charge on any atom is -0.328 e. The summed E-state index contributed by atoms with van der Waals surface area (Å²) in [6, 6.07) is -1.32. The normalized spacial score (nSPS) is 38.4. The summed E-state index contributed by atoms with van der Waals surface area (Å²) in [4.78, 5) is 0. The van der Waals surface area contributed by atoms with Crippen molar-refractivity contribution in [3.8, 4) is 0 Å². The average Bonchev–Trinajstić information content (AvgIpc) is 1.97. The molecule has 0 aromatic heterocycles. The van der Waals surface area contributed by atoms with E-state index < -0.39 is 41.9 Å². The smallest absolute Gasteiger partial charge is 0.211 e. The Labute approximate surface area is 73.0 Å². The second kappa shape index (κ2) is 3.08. The van der Waals surface area contributed by atoms with Crippen molar-refractivity contribution in [1.29, 1.82) is 0 Å². The molecular weight excluding hydrogens is 164 g/mol. The van der Waals surface area contributed by atoms with E-state index in [2.05, 4.69) is 0 Å². The van der Waals surface area contributed by atoms with Crippen LogP contribution in [0.1, 0.15) is 18.2 Å². The Balaban J connectivity index is 3.05. The summed E-state index contributed by atoms with van der Waals surface area (Å²) in [6.45, 7) is -0.793. The summed E-state index contributed by atoms with van der Waals surface area (Å²) in [5.41, 5.74) is 5.42. The van der Waals surface area contributed by atoms with Crippen LogP contribution in [0.4, 0.5) is 0 Å². The number of nitrogens with two attached hydrogens (primary N) is 1. The highest BCUT2D eigenvalue weighted by Crippen LogP contribution is 2.10. The highest BCUT2D eigenvalue weighted by atomic mass is 32.2. The molecule has 0 unspecified atom stereocenters. The van der Waals surface area contributed by atoms with Crippen molar-refractivity contribution in [1.82, 2.24) is 4.31 Å². The van der Waals surface area contributed by atoms with Crippen molar-refractivity contribution < 1.29 is 13.9 Å². The van der Waals surface area contributed by atoms with Crippen molar-refractivity contribution in [2.45, 2.75) is 18.8 Å². The Kier molecular flexibility index (Phi) is 1.34. The number of nitrogens with zero attached hydrogens (tertiary/aromatic N) is 1. The van der Waals surface area contributed by atoms with Gasteiger partial charge in [-0.2, -0.15) is 0 Å². The van der Waals surface area contributed by atoms with Gasteiger partial charge in [-0.1, -0.05) is 0 Å². The van der Waals surface area contributed by atoms with Gasteiger partial charge in [0.15, 0.2) is 0 Å². The first-order chi connectivity index (χ1) is 6.47. The lowest BCUT2D eigenvalue weighted by Crippen LogP contribution is -2.42. The van der Waals surface area contributed by atoms with Gasteiger partial charge in [-0.15, -0.1) is 0 Å². The third kappa shape index (κ3) is 2.43. The van der Waals surface area contributed by atoms with E-state index >= 15 is 0 Å². The molecule has 0 saturated carbocycles. The fourth-order valence-electron chi connectivity index (χ4n) is 0.763. The summed E-state index contributed by atoms with van der Waals surface area (Å²) in [5, 5.41) is 0. The maximum atomic E-state index is 11.2. The van der Waals surface area contributed by atoms with Gasteiger partial charge >= 0.3 is 0 Å². The van der Waals surface area contributed by atoms with Gasteiger partial charge in [0, 0.05) is 24.6 Å². The lowest BCUT2D eigenvalue weighted by Gasteiger charge is -2.27. The molecule has 66 valence electrons. The molecule has 0 aliphatic carbocycles. The van der Waals surface area contributed by atoms with Gasteiger partial charge < -0.3 is 5.73 Å². The maximum Gasteiger partial charge on any atom is 0.211 e. The first-order valence-electron chi connectivity index (χ1n) is 5.17. The summed E-state index contributed by atoms with van der Waals surface area (Å²) in [6.07, 6.45) is -3.17. The lowest BCUT2D eigenvalue weighted by molar-refractivity contribution is 0.322. The molecule has 5 heteroatoms. The van der Waals surface area contributed by atoms with Crippen LogP contribution in [-0.2, 0) is 10.0 Å². The van der Waals surface area contributed by atoms with Crippen LogP contribution in [0.25, 0.3) is 0 Å². The van der Waals surface area contributed by atoms with E-state index in [4.69, 9.17) is 11.2 Å². The topological polar surface area (TPSA) is 63.4 Å². The van der Waals surface area contributed by atoms with Crippen LogP contribution in [0.5, 0.6) is 0 Å². The van der Waals surface area contributed by atoms with Crippen LogP contribution in [-0.4, -0.2) is 38.1 Å². The monoisotopic (exact) mass is 182 g/mol. The fourth-order valence-corrected chi connectivity index (χ4v) is 1.38. The van der Waals surface area contributed by atoms with Crippen LogP contribution >= 0.6 is 0 Å². The van der Waals surface area contributed by atoms with Crippen LogP contribution in [0.2, 0.25) is 0 Å². The molecule has 0 bridgehead atoms. The Hall–Kier alpha value is -0.130. The maximum absolute atomic E-state index is 11.2. The second-order valence-corrected chi connectivity index (χ2v) is 4.40. The van der Waals surface area contributed by atoms with Crippen molar-refractivity contribution >= 4 is 10.0 Å². The average molecular weight is 182 g/mol. The van der Waals surface area contributed by atoms with E-state index in [0.29, 0.717) is 0 Å². The molecular formula is C6H14N2O2S. The van der Waals surface area contributed by atoms with Crippen molar-refractivity contribution in [3.05, 3.63) is 0 Å². The van der Waals surface area contributed by atoms with Gasteiger partial charge in [-0.05, 0) is 12.7 Å². The fraction of sp³-hybridized carbons (Fsp3) is 1.00. The predicted octanol–water partition coefficient (Wildman–Crippen LogP) is -0.631. The quantitative estimate of drug-likeness (QED) is 0.587. The molecule has 0 radical (unpaired) electrons. The molecule has 1 aliphatic heterocycles. The molecule has 2 N–H and O–H groups in total. The zero-order valence-corrected chi connectivity index (χ0v) is 7.06. The molecule has 1 fully saturated rings. The zero-order valence-electron chi connectivity index (χ0n) is 10.2. The van der Waals surface area contributed by atoms with Gasteiger partial charge in [0.2, 0.25) is 10.0 Å².